The molecule has 204 valence electrons. The zero-order valence-electron chi connectivity index (χ0n) is 23.9. The van der Waals surface area contributed by atoms with Crippen molar-refractivity contribution in [2.24, 2.45) is 0 Å². The summed E-state index contributed by atoms with van der Waals surface area (Å²) in [5, 5.41) is 0. The van der Waals surface area contributed by atoms with Crippen LogP contribution in [0.25, 0.3) is 0 Å². The molecule has 0 saturated heterocycles. The van der Waals surface area contributed by atoms with Gasteiger partial charge in [-0.2, -0.15) is 0 Å². The van der Waals surface area contributed by atoms with Gasteiger partial charge < -0.3 is 14.2 Å². The summed E-state index contributed by atoms with van der Waals surface area (Å²) in [7, 11) is 0. The van der Waals surface area contributed by atoms with E-state index in [0.717, 1.165) is 37.6 Å². The van der Waals surface area contributed by atoms with Crippen molar-refractivity contribution >= 4 is 0 Å². The highest BCUT2D eigenvalue weighted by Gasteiger charge is 2.06. The molecular formula is C31H62O3. The maximum atomic E-state index is 6.07. The molecule has 0 aromatic rings. The van der Waals surface area contributed by atoms with Gasteiger partial charge in [0.15, 0.2) is 5.76 Å². The molecule has 0 aromatic carbocycles. The number of allylic oxidation sites excluding steroid dienone is 1. The molecule has 34 heavy (non-hydrogen) atoms. The van der Waals surface area contributed by atoms with Gasteiger partial charge in [0.1, 0.15) is 12.4 Å². The zero-order chi connectivity index (χ0) is 25.0. The lowest BCUT2D eigenvalue weighted by Crippen LogP contribution is -2.08. The van der Waals surface area contributed by atoms with Crippen LogP contribution in [-0.4, -0.2) is 26.4 Å². The lowest BCUT2D eigenvalue weighted by molar-refractivity contribution is 0.0775. The molecule has 3 nitrogen and oxygen atoms in total. The molecule has 0 radical (unpaired) electrons. The van der Waals surface area contributed by atoms with Crippen molar-refractivity contribution in [3.05, 3.63) is 11.5 Å². The van der Waals surface area contributed by atoms with Crippen molar-refractivity contribution in [1.29, 1.82) is 0 Å². The molecule has 0 atom stereocenters. The SMILES string of the molecule is CCCCCCCCCCCCCOCC(OCCCCCCCCCCCC)=C(C)OCC. The van der Waals surface area contributed by atoms with E-state index in [2.05, 4.69) is 13.8 Å². The molecule has 0 aliphatic carbocycles. The smallest absolute Gasteiger partial charge is 0.159 e. The van der Waals surface area contributed by atoms with Crippen molar-refractivity contribution in [3.8, 4) is 0 Å². The first-order valence-corrected chi connectivity index (χ1v) is 15.3. The summed E-state index contributed by atoms with van der Waals surface area (Å²) < 4.78 is 17.7. The molecule has 0 aliphatic heterocycles. The summed E-state index contributed by atoms with van der Waals surface area (Å²) in [4.78, 5) is 0. The van der Waals surface area contributed by atoms with Crippen LogP contribution in [0.5, 0.6) is 0 Å². The Morgan fingerprint density at radius 3 is 1.24 bits per heavy atom. The molecule has 0 amide bonds. The van der Waals surface area contributed by atoms with E-state index < -0.39 is 0 Å². The topological polar surface area (TPSA) is 27.7 Å². The Labute approximate surface area is 214 Å². The minimum atomic E-state index is 0.543. The van der Waals surface area contributed by atoms with E-state index >= 15 is 0 Å². The molecule has 0 spiro atoms. The zero-order valence-corrected chi connectivity index (χ0v) is 23.9. The maximum Gasteiger partial charge on any atom is 0.159 e. The average molecular weight is 483 g/mol. The van der Waals surface area contributed by atoms with Crippen molar-refractivity contribution < 1.29 is 14.2 Å². The Bertz CT molecular complexity index is 419. The molecule has 0 rings (SSSR count). The maximum absolute atomic E-state index is 6.07. The highest BCUT2D eigenvalue weighted by atomic mass is 16.5. The highest BCUT2D eigenvalue weighted by Crippen LogP contribution is 2.14. The first-order chi connectivity index (χ1) is 16.8. The van der Waals surface area contributed by atoms with E-state index in [4.69, 9.17) is 14.2 Å². The van der Waals surface area contributed by atoms with Gasteiger partial charge in [0.25, 0.3) is 0 Å². The van der Waals surface area contributed by atoms with Gasteiger partial charge in [-0.1, -0.05) is 136 Å². The Morgan fingerprint density at radius 1 is 0.441 bits per heavy atom. The Hall–Kier alpha value is -0.700. The van der Waals surface area contributed by atoms with Crippen molar-refractivity contribution in [2.45, 2.75) is 163 Å². The third-order valence-corrected chi connectivity index (χ3v) is 6.65. The van der Waals surface area contributed by atoms with Gasteiger partial charge in [-0.25, -0.2) is 0 Å². The predicted octanol–water partition coefficient (Wildman–Crippen LogP) is 10.5. The molecule has 0 bridgehead atoms. The van der Waals surface area contributed by atoms with Crippen LogP contribution in [0.4, 0.5) is 0 Å². The Kier molecular flexibility index (Phi) is 27.9. The highest BCUT2D eigenvalue weighted by molar-refractivity contribution is 4.99. The van der Waals surface area contributed by atoms with Gasteiger partial charge in [0.2, 0.25) is 0 Å². The summed E-state index contributed by atoms with van der Waals surface area (Å²) in [6.07, 6.45) is 28.5. The fourth-order valence-electron chi connectivity index (χ4n) is 4.36. The van der Waals surface area contributed by atoms with Crippen LogP contribution in [0, 0.1) is 0 Å². The van der Waals surface area contributed by atoms with E-state index in [9.17, 15) is 0 Å². The molecular weight excluding hydrogens is 420 g/mol. The summed E-state index contributed by atoms with van der Waals surface area (Å²) in [6.45, 7) is 11.4. The third-order valence-electron chi connectivity index (χ3n) is 6.65. The molecule has 0 unspecified atom stereocenters. The summed E-state index contributed by atoms with van der Waals surface area (Å²) >= 11 is 0. The van der Waals surface area contributed by atoms with E-state index in [1.807, 2.05) is 13.8 Å². The van der Waals surface area contributed by atoms with Gasteiger partial charge in [0.05, 0.1) is 13.2 Å². The number of unbranched alkanes of at least 4 members (excludes halogenated alkanes) is 19. The van der Waals surface area contributed by atoms with Crippen molar-refractivity contribution in [2.75, 3.05) is 26.4 Å². The fourth-order valence-corrected chi connectivity index (χ4v) is 4.36. The van der Waals surface area contributed by atoms with Crippen LogP contribution in [0.2, 0.25) is 0 Å². The Balaban J connectivity index is 3.70. The normalized spacial score (nSPS) is 12.1. The van der Waals surface area contributed by atoms with Crippen LogP contribution >= 0.6 is 0 Å². The second kappa shape index (κ2) is 28.5. The number of rotatable bonds is 28. The van der Waals surface area contributed by atoms with E-state index in [1.165, 1.54) is 122 Å². The molecule has 0 aliphatic rings. The lowest BCUT2D eigenvalue weighted by atomic mass is 10.1. The van der Waals surface area contributed by atoms with Crippen LogP contribution in [0.3, 0.4) is 0 Å². The van der Waals surface area contributed by atoms with E-state index in [0.29, 0.717) is 13.2 Å². The van der Waals surface area contributed by atoms with Crippen LogP contribution in [0.1, 0.15) is 163 Å². The summed E-state index contributed by atoms with van der Waals surface area (Å²) in [6, 6.07) is 0. The second-order valence-electron chi connectivity index (χ2n) is 10.0. The number of ether oxygens (including phenoxy) is 3. The van der Waals surface area contributed by atoms with Crippen LogP contribution in [0.15, 0.2) is 11.5 Å². The Morgan fingerprint density at radius 2 is 0.824 bits per heavy atom. The largest absolute Gasteiger partial charge is 0.495 e. The monoisotopic (exact) mass is 482 g/mol. The van der Waals surface area contributed by atoms with Gasteiger partial charge in [0, 0.05) is 6.61 Å². The molecule has 0 N–H and O–H groups in total. The summed E-state index contributed by atoms with van der Waals surface area (Å²) in [5.41, 5.74) is 0. The first-order valence-electron chi connectivity index (χ1n) is 15.3. The third kappa shape index (κ3) is 24.4. The number of hydrogen-bond acceptors (Lipinski definition) is 3. The minimum absolute atomic E-state index is 0.543. The molecule has 0 heterocycles. The van der Waals surface area contributed by atoms with Gasteiger partial charge in [-0.3, -0.25) is 0 Å². The standard InChI is InChI=1S/C31H62O3/c1-5-8-10-12-14-16-18-19-21-23-25-27-32-29-31(30(4)33-7-3)34-28-26-24-22-20-17-15-13-11-9-6-2/h5-29H2,1-4H3. The average Bonchev–Trinajstić information content (AvgIpc) is 2.84. The van der Waals surface area contributed by atoms with Crippen LogP contribution < -0.4 is 0 Å². The quantitative estimate of drug-likeness (QED) is 0.0819. The summed E-state index contributed by atoms with van der Waals surface area (Å²) in [5.74, 6) is 1.77. The van der Waals surface area contributed by atoms with Gasteiger partial charge in [-0.05, 0) is 26.7 Å². The van der Waals surface area contributed by atoms with Crippen molar-refractivity contribution in [1.82, 2.24) is 0 Å². The van der Waals surface area contributed by atoms with Gasteiger partial charge >= 0.3 is 0 Å². The molecule has 0 saturated carbocycles. The van der Waals surface area contributed by atoms with Crippen molar-refractivity contribution in [3.63, 3.8) is 0 Å². The predicted molar refractivity (Wildman–Crippen MR) is 149 cm³/mol. The molecule has 3 heteroatoms. The van der Waals surface area contributed by atoms with E-state index in [-0.39, 0.29) is 0 Å². The molecule has 0 aromatic heterocycles. The first kappa shape index (κ1) is 33.3. The minimum Gasteiger partial charge on any atom is -0.495 e. The lowest BCUT2D eigenvalue weighted by Gasteiger charge is -2.15. The van der Waals surface area contributed by atoms with Gasteiger partial charge in [-0.15, -0.1) is 0 Å². The number of hydrogen-bond donors (Lipinski definition) is 0. The van der Waals surface area contributed by atoms with E-state index in [1.54, 1.807) is 0 Å². The van der Waals surface area contributed by atoms with Crippen LogP contribution in [-0.2, 0) is 14.2 Å². The fraction of sp³-hybridized carbons (Fsp3) is 0.935. The second-order valence-corrected chi connectivity index (χ2v) is 10.0. The molecule has 0 fully saturated rings.